The number of anilines is 1. The first-order chi connectivity index (χ1) is 15.3. The topological polar surface area (TPSA) is 183 Å². The summed E-state index contributed by atoms with van der Waals surface area (Å²) in [7, 11) is 7.04. The van der Waals surface area contributed by atoms with Crippen molar-refractivity contribution in [2.24, 2.45) is 16.8 Å². The number of amides is 3. The number of nitrogens with one attached hydrogen (secondary N) is 2. The number of quaternary nitrogens is 1. The third-order valence-electron chi connectivity index (χ3n) is 3.95. The summed E-state index contributed by atoms with van der Waals surface area (Å²) in [5, 5.41) is 5.73. The number of ether oxygens (including phenoxy) is 2. The summed E-state index contributed by atoms with van der Waals surface area (Å²) in [6, 6.07) is 5.56. The summed E-state index contributed by atoms with van der Waals surface area (Å²) in [5.74, 6) is -9.05. The summed E-state index contributed by atoms with van der Waals surface area (Å²) < 4.78 is 9.30. The molecule has 178 valence electrons. The van der Waals surface area contributed by atoms with Gasteiger partial charge in [-0.25, -0.2) is 10.2 Å². The maximum absolute atomic E-state index is 12.8. The van der Waals surface area contributed by atoms with Crippen LogP contribution in [-0.2, 0) is 33.4 Å². The molecular weight excluding hydrogens is 438 g/mol. The fraction of sp³-hybridized carbons (Fsp3) is 0.350. The number of methoxy groups -OCH3 is 2. The van der Waals surface area contributed by atoms with E-state index in [0.29, 0.717) is 0 Å². The van der Waals surface area contributed by atoms with Crippen molar-refractivity contribution in [3.63, 3.8) is 0 Å². The fourth-order valence-electron chi connectivity index (χ4n) is 2.50. The molecule has 0 bridgehead atoms. The van der Waals surface area contributed by atoms with Crippen LogP contribution in [0.1, 0.15) is 10.4 Å². The van der Waals surface area contributed by atoms with E-state index in [2.05, 4.69) is 25.3 Å². The molecule has 3 amide bonds. The SMILES string of the molecule is COC(=O)/C(=N\NC(=O)C[N+](C)(C)C)[C@H](C(=O)OC)C(=O)C(=O)Nc1ccccc1C(N)=O. The third-order valence-corrected chi connectivity index (χ3v) is 3.95. The highest BCUT2D eigenvalue weighted by Gasteiger charge is 2.41. The molecule has 0 aliphatic carbocycles. The van der Waals surface area contributed by atoms with Gasteiger partial charge in [0, 0.05) is 0 Å². The second-order valence-corrected chi connectivity index (χ2v) is 7.66. The van der Waals surface area contributed by atoms with Gasteiger partial charge in [0.2, 0.25) is 5.78 Å². The van der Waals surface area contributed by atoms with Crippen molar-refractivity contribution in [3.8, 4) is 0 Å². The number of rotatable bonds is 10. The molecule has 1 rings (SSSR count). The van der Waals surface area contributed by atoms with Crippen LogP contribution in [0.3, 0.4) is 0 Å². The lowest BCUT2D eigenvalue weighted by molar-refractivity contribution is -0.862. The molecular formula is C20H26N5O8+. The van der Waals surface area contributed by atoms with Crippen molar-refractivity contribution in [1.82, 2.24) is 5.43 Å². The second kappa shape index (κ2) is 11.5. The highest BCUT2D eigenvalue weighted by Crippen LogP contribution is 2.16. The van der Waals surface area contributed by atoms with E-state index >= 15 is 0 Å². The van der Waals surface area contributed by atoms with E-state index in [0.717, 1.165) is 14.2 Å². The molecule has 33 heavy (non-hydrogen) atoms. The minimum atomic E-state index is -2.16. The lowest BCUT2D eigenvalue weighted by Gasteiger charge is -2.22. The Kier molecular flexibility index (Phi) is 9.36. The summed E-state index contributed by atoms with van der Waals surface area (Å²) >= 11 is 0. The Bertz CT molecular complexity index is 996. The van der Waals surface area contributed by atoms with Crippen molar-refractivity contribution in [3.05, 3.63) is 29.8 Å². The quantitative estimate of drug-likeness (QED) is 0.0926. The average molecular weight is 464 g/mol. The number of para-hydroxylation sites is 1. The molecule has 0 aromatic heterocycles. The third kappa shape index (κ3) is 7.81. The number of hydrogen-bond acceptors (Lipinski definition) is 9. The van der Waals surface area contributed by atoms with Gasteiger partial charge in [-0.05, 0) is 12.1 Å². The van der Waals surface area contributed by atoms with Crippen molar-refractivity contribution in [2.75, 3.05) is 47.2 Å². The highest BCUT2D eigenvalue weighted by atomic mass is 16.5. The molecule has 13 heteroatoms. The number of primary amides is 1. The van der Waals surface area contributed by atoms with Gasteiger partial charge in [0.05, 0.1) is 46.6 Å². The van der Waals surface area contributed by atoms with E-state index in [9.17, 15) is 28.8 Å². The Hall–Kier alpha value is -4.13. The smallest absolute Gasteiger partial charge is 0.355 e. The zero-order valence-corrected chi connectivity index (χ0v) is 18.8. The van der Waals surface area contributed by atoms with Gasteiger partial charge in [-0.3, -0.25) is 24.0 Å². The minimum absolute atomic E-state index is 0.0564. The Labute approximate surface area is 189 Å². The molecule has 13 nitrogen and oxygen atoms in total. The number of nitrogens with zero attached hydrogens (tertiary/aromatic N) is 2. The summed E-state index contributed by atoms with van der Waals surface area (Å²) in [4.78, 5) is 73.6. The van der Waals surface area contributed by atoms with Gasteiger partial charge >= 0.3 is 11.9 Å². The van der Waals surface area contributed by atoms with E-state index in [4.69, 9.17) is 5.73 Å². The van der Waals surface area contributed by atoms with Crippen LogP contribution in [0.25, 0.3) is 0 Å². The number of benzene rings is 1. The van der Waals surface area contributed by atoms with Gasteiger partial charge in [0.25, 0.3) is 17.7 Å². The van der Waals surface area contributed by atoms with E-state index in [-0.39, 0.29) is 22.3 Å². The Morgan fingerprint density at radius 2 is 1.64 bits per heavy atom. The van der Waals surface area contributed by atoms with Gasteiger partial charge in [0.1, 0.15) is 0 Å². The molecule has 0 heterocycles. The first kappa shape index (κ1) is 26.9. The van der Waals surface area contributed by atoms with Gasteiger partial charge in [-0.2, -0.15) is 5.10 Å². The summed E-state index contributed by atoms with van der Waals surface area (Å²) in [6.45, 7) is -0.0564. The Balaban J connectivity index is 3.31. The number of hydrazone groups is 1. The molecule has 0 radical (unpaired) electrons. The van der Waals surface area contributed by atoms with Crippen LogP contribution in [0.5, 0.6) is 0 Å². The van der Waals surface area contributed by atoms with E-state index < -0.39 is 47.1 Å². The van der Waals surface area contributed by atoms with Gasteiger partial charge in [-0.15, -0.1) is 0 Å². The van der Waals surface area contributed by atoms with Crippen molar-refractivity contribution >= 4 is 46.8 Å². The number of nitrogens with two attached hydrogens (primary N) is 1. The standard InChI is InChI=1S/C20H25N5O8/c1-25(2,3)10-13(26)23-24-15(20(31)33-5)14(19(30)32-4)16(27)18(29)22-12-9-7-6-8-11(12)17(21)28/h6-9,14H,10H2,1-5H3,(H3-,21,22,23,26,28,29,31)/p+1/t14-/m0/s1. The molecule has 0 aliphatic heterocycles. The van der Waals surface area contributed by atoms with Crippen LogP contribution in [0.4, 0.5) is 5.69 Å². The molecule has 1 atom stereocenters. The molecule has 4 N–H and O–H groups in total. The second-order valence-electron chi connectivity index (χ2n) is 7.66. The molecule has 1 aromatic rings. The zero-order chi connectivity index (χ0) is 25.3. The largest absolute Gasteiger partial charge is 0.468 e. The first-order valence-corrected chi connectivity index (χ1v) is 9.39. The first-order valence-electron chi connectivity index (χ1n) is 9.39. The number of carbonyl (C=O) groups excluding carboxylic acids is 6. The van der Waals surface area contributed by atoms with Crippen LogP contribution in [0.2, 0.25) is 0 Å². The molecule has 0 fully saturated rings. The fourth-order valence-corrected chi connectivity index (χ4v) is 2.50. The minimum Gasteiger partial charge on any atom is -0.468 e. The van der Waals surface area contributed by atoms with Crippen LogP contribution >= 0.6 is 0 Å². The Morgan fingerprint density at radius 3 is 2.15 bits per heavy atom. The number of Topliss-reactive ketones (excluding diaryl/α,β-unsaturated/α-hetero) is 1. The van der Waals surface area contributed by atoms with Crippen LogP contribution < -0.4 is 16.5 Å². The monoisotopic (exact) mass is 464 g/mol. The lowest BCUT2D eigenvalue weighted by atomic mass is 9.97. The number of ketones is 1. The molecule has 1 aromatic carbocycles. The number of esters is 2. The van der Waals surface area contributed by atoms with Crippen molar-refractivity contribution in [2.45, 2.75) is 0 Å². The van der Waals surface area contributed by atoms with Crippen molar-refractivity contribution in [1.29, 1.82) is 0 Å². The number of hydrogen-bond donors (Lipinski definition) is 3. The van der Waals surface area contributed by atoms with E-state index in [1.807, 2.05) is 0 Å². The maximum atomic E-state index is 12.8. The van der Waals surface area contributed by atoms with E-state index in [1.54, 1.807) is 21.1 Å². The number of likely N-dealkylation sites (N-methyl/N-ethyl adjacent to an activating group) is 1. The Morgan fingerprint density at radius 1 is 1.03 bits per heavy atom. The van der Waals surface area contributed by atoms with Gasteiger partial charge in [-0.1, -0.05) is 12.1 Å². The van der Waals surface area contributed by atoms with Crippen LogP contribution in [0.15, 0.2) is 29.4 Å². The average Bonchev–Trinajstić information content (AvgIpc) is 2.74. The summed E-state index contributed by atoms with van der Waals surface area (Å²) in [5.41, 5.74) is 6.24. The molecule has 0 aliphatic rings. The predicted molar refractivity (Wildman–Crippen MR) is 115 cm³/mol. The van der Waals surface area contributed by atoms with E-state index in [1.165, 1.54) is 24.3 Å². The zero-order valence-electron chi connectivity index (χ0n) is 18.8. The predicted octanol–water partition coefficient (Wildman–Crippen LogP) is -1.57. The van der Waals surface area contributed by atoms with Gasteiger partial charge in [0.15, 0.2) is 18.2 Å². The normalized spacial score (nSPS) is 12.2. The molecule has 0 saturated carbocycles. The molecule has 0 unspecified atom stereocenters. The van der Waals surface area contributed by atoms with Crippen LogP contribution in [-0.4, -0.2) is 87.5 Å². The number of carbonyl (C=O) groups is 6. The lowest BCUT2D eigenvalue weighted by Crippen LogP contribution is -2.46. The summed E-state index contributed by atoms with van der Waals surface area (Å²) in [6.07, 6.45) is 0. The molecule has 0 saturated heterocycles. The van der Waals surface area contributed by atoms with Crippen molar-refractivity contribution < 1.29 is 42.7 Å². The van der Waals surface area contributed by atoms with Gasteiger partial charge < -0.3 is 25.0 Å². The highest BCUT2D eigenvalue weighted by molar-refractivity contribution is 6.55. The molecule has 0 spiro atoms. The maximum Gasteiger partial charge on any atom is 0.355 e. The van der Waals surface area contributed by atoms with Crippen LogP contribution in [0, 0.1) is 5.92 Å².